The van der Waals surface area contributed by atoms with Crippen molar-refractivity contribution in [2.75, 3.05) is 13.7 Å². The summed E-state index contributed by atoms with van der Waals surface area (Å²) in [6, 6.07) is 17.0. The number of carboxylic acids is 1. The Balaban J connectivity index is 1.66. The Kier molecular flexibility index (Phi) is 6.45. The number of benzene rings is 2. The number of aliphatic carboxylic acids is 1. The number of carbonyl (C=O) groups is 1. The summed E-state index contributed by atoms with van der Waals surface area (Å²) in [4.78, 5) is 15.8. The van der Waals surface area contributed by atoms with Gasteiger partial charge in [-0.3, -0.25) is 0 Å². The van der Waals surface area contributed by atoms with Crippen LogP contribution in [0.5, 0.6) is 11.5 Å². The van der Waals surface area contributed by atoms with Gasteiger partial charge in [0.15, 0.2) is 6.10 Å². The van der Waals surface area contributed by atoms with E-state index < -0.39 is 12.1 Å². The van der Waals surface area contributed by atoms with E-state index in [0.717, 1.165) is 27.9 Å². The monoisotopic (exact) mass is 381 g/mol. The summed E-state index contributed by atoms with van der Waals surface area (Å²) in [6.07, 6.45) is -0.529. The Bertz CT molecular complexity index is 939. The zero-order valence-electron chi connectivity index (χ0n) is 15.9. The molecule has 3 aromatic rings. The molecule has 0 aliphatic rings. The molecule has 0 radical (unpaired) electrons. The molecule has 0 fully saturated rings. The number of pyridine rings is 1. The van der Waals surface area contributed by atoms with E-state index in [9.17, 15) is 9.90 Å². The van der Waals surface area contributed by atoms with Crippen molar-refractivity contribution in [1.29, 1.82) is 0 Å². The lowest BCUT2D eigenvalue weighted by Gasteiger charge is -2.13. The molecule has 6 heteroatoms. The van der Waals surface area contributed by atoms with Gasteiger partial charge in [0.05, 0.1) is 18.3 Å². The van der Waals surface area contributed by atoms with Crippen molar-refractivity contribution < 1.29 is 24.1 Å². The van der Waals surface area contributed by atoms with Crippen molar-refractivity contribution in [3.63, 3.8) is 0 Å². The van der Waals surface area contributed by atoms with Crippen molar-refractivity contribution in [2.24, 2.45) is 0 Å². The molecule has 0 saturated heterocycles. The number of methoxy groups -OCH3 is 1. The Hall–Kier alpha value is -3.12. The summed E-state index contributed by atoms with van der Waals surface area (Å²) in [6.45, 7) is 2.44. The average molecular weight is 381 g/mol. The van der Waals surface area contributed by atoms with Crippen molar-refractivity contribution in [3.8, 4) is 11.5 Å². The zero-order valence-corrected chi connectivity index (χ0v) is 15.9. The third-order valence-electron chi connectivity index (χ3n) is 4.33. The third kappa shape index (κ3) is 4.78. The molecule has 2 aromatic carbocycles. The molecule has 1 heterocycles. The molecular formula is C22H23NO5. The summed E-state index contributed by atoms with van der Waals surface area (Å²) in [5.41, 5.74) is 2.49. The van der Waals surface area contributed by atoms with E-state index in [2.05, 4.69) is 4.98 Å². The molecule has 1 N–H and O–H groups in total. The first-order valence-electron chi connectivity index (χ1n) is 9.09. The Morgan fingerprint density at radius 3 is 2.57 bits per heavy atom. The van der Waals surface area contributed by atoms with Crippen LogP contribution in [0.25, 0.3) is 10.9 Å². The lowest BCUT2D eigenvalue weighted by Crippen LogP contribution is -2.26. The first-order chi connectivity index (χ1) is 13.6. The number of para-hydroxylation sites is 1. The third-order valence-corrected chi connectivity index (χ3v) is 4.33. The van der Waals surface area contributed by atoms with Crippen LogP contribution in [0.15, 0.2) is 54.6 Å². The molecule has 6 nitrogen and oxygen atoms in total. The van der Waals surface area contributed by atoms with E-state index in [0.29, 0.717) is 25.4 Å². The van der Waals surface area contributed by atoms with Gasteiger partial charge in [-0.05, 0) is 36.8 Å². The molecule has 0 aliphatic heterocycles. The molecule has 0 saturated carbocycles. The first kappa shape index (κ1) is 19.6. The van der Waals surface area contributed by atoms with Crippen LogP contribution in [0, 0.1) is 0 Å². The van der Waals surface area contributed by atoms with Crippen molar-refractivity contribution >= 4 is 16.9 Å². The standard InChI is InChI=1S/C22H23NO5/c1-3-27-21(22(24)25)12-15-8-10-17(11-9-15)28-14-16-13-20(26-2)18-6-4-5-7-19(18)23-16/h4-11,13,21H,3,12,14H2,1-2H3,(H,24,25). The molecule has 146 valence electrons. The molecule has 0 aliphatic carbocycles. The maximum absolute atomic E-state index is 11.2. The topological polar surface area (TPSA) is 77.9 Å². The van der Waals surface area contributed by atoms with E-state index in [-0.39, 0.29) is 0 Å². The minimum absolute atomic E-state index is 0.303. The number of ether oxygens (including phenoxy) is 3. The van der Waals surface area contributed by atoms with Gasteiger partial charge in [0.1, 0.15) is 18.1 Å². The van der Waals surface area contributed by atoms with E-state index in [1.807, 2.05) is 54.6 Å². The van der Waals surface area contributed by atoms with Crippen molar-refractivity contribution in [1.82, 2.24) is 4.98 Å². The van der Waals surface area contributed by atoms with Gasteiger partial charge < -0.3 is 19.3 Å². The molecule has 0 amide bonds. The fourth-order valence-corrected chi connectivity index (χ4v) is 2.95. The van der Waals surface area contributed by atoms with Crippen LogP contribution in [-0.4, -0.2) is 35.9 Å². The van der Waals surface area contributed by atoms with Gasteiger partial charge >= 0.3 is 5.97 Å². The van der Waals surface area contributed by atoms with Crippen LogP contribution < -0.4 is 9.47 Å². The Labute approximate surface area is 163 Å². The molecule has 0 bridgehead atoms. The van der Waals surface area contributed by atoms with Crippen LogP contribution in [0.4, 0.5) is 0 Å². The van der Waals surface area contributed by atoms with E-state index >= 15 is 0 Å². The number of nitrogens with zero attached hydrogens (tertiary/aromatic N) is 1. The van der Waals surface area contributed by atoms with Gasteiger partial charge in [-0.25, -0.2) is 9.78 Å². The SMILES string of the molecule is CCOC(Cc1ccc(OCc2cc(OC)c3ccccc3n2)cc1)C(=O)O. The molecule has 0 spiro atoms. The molecule has 3 rings (SSSR count). The normalized spacial score (nSPS) is 11.9. The van der Waals surface area contributed by atoms with Gasteiger partial charge in [-0.2, -0.15) is 0 Å². The van der Waals surface area contributed by atoms with Crippen LogP contribution >= 0.6 is 0 Å². The van der Waals surface area contributed by atoms with Gasteiger partial charge in [0, 0.05) is 24.5 Å². The minimum Gasteiger partial charge on any atom is -0.496 e. The second-order valence-electron chi connectivity index (χ2n) is 6.25. The van der Waals surface area contributed by atoms with Gasteiger partial charge in [-0.15, -0.1) is 0 Å². The highest BCUT2D eigenvalue weighted by molar-refractivity contribution is 5.85. The number of rotatable bonds is 9. The van der Waals surface area contributed by atoms with Crippen LogP contribution in [0.3, 0.4) is 0 Å². The predicted octanol–water partition coefficient (Wildman–Crippen LogP) is 3.85. The summed E-state index contributed by atoms with van der Waals surface area (Å²) in [7, 11) is 1.64. The number of hydrogen-bond donors (Lipinski definition) is 1. The fourth-order valence-electron chi connectivity index (χ4n) is 2.95. The Morgan fingerprint density at radius 2 is 1.89 bits per heavy atom. The highest BCUT2D eigenvalue weighted by Crippen LogP contribution is 2.25. The fraction of sp³-hybridized carbons (Fsp3) is 0.273. The van der Waals surface area contributed by atoms with Crippen LogP contribution in [0.2, 0.25) is 0 Å². The number of hydrogen-bond acceptors (Lipinski definition) is 5. The highest BCUT2D eigenvalue weighted by atomic mass is 16.5. The number of fused-ring (bicyclic) bond motifs is 1. The molecule has 1 unspecified atom stereocenters. The zero-order chi connectivity index (χ0) is 19.9. The lowest BCUT2D eigenvalue weighted by atomic mass is 10.1. The van der Waals surface area contributed by atoms with Gasteiger partial charge in [0.2, 0.25) is 0 Å². The summed E-state index contributed by atoms with van der Waals surface area (Å²) in [5, 5.41) is 10.1. The number of aromatic nitrogens is 1. The second-order valence-corrected chi connectivity index (χ2v) is 6.25. The van der Waals surface area contributed by atoms with Crippen LogP contribution in [-0.2, 0) is 22.6 Å². The smallest absolute Gasteiger partial charge is 0.333 e. The molecular weight excluding hydrogens is 358 g/mol. The van der Waals surface area contributed by atoms with Gasteiger partial charge in [-0.1, -0.05) is 24.3 Å². The van der Waals surface area contributed by atoms with Crippen LogP contribution in [0.1, 0.15) is 18.2 Å². The maximum Gasteiger partial charge on any atom is 0.333 e. The summed E-state index contributed by atoms with van der Waals surface area (Å²) < 4.78 is 16.5. The van der Waals surface area contributed by atoms with E-state index in [4.69, 9.17) is 14.2 Å². The average Bonchev–Trinajstić information content (AvgIpc) is 2.72. The number of carboxylic acid groups (broad SMARTS) is 1. The van der Waals surface area contributed by atoms with Crippen molar-refractivity contribution in [3.05, 3.63) is 65.9 Å². The first-order valence-corrected chi connectivity index (χ1v) is 9.09. The van der Waals surface area contributed by atoms with Crippen molar-refractivity contribution in [2.45, 2.75) is 26.1 Å². The van der Waals surface area contributed by atoms with E-state index in [1.165, 1.54) is 0 Å². The van der Waals surface area contributed by atoms with Gasteiger partial charge in [0.25, 0.3) is 0 Å². The highest BCUT2D eigenvalue weighted by Gasteiger charge is 2.17. The predicted molar refractivity (Wildman–Crippen MR) is 106 cm³/mol. The minimum atomic E-state index is -0.960. The summed E-state index contributed by atoms with van der Waals surface area (Å²) >= 11 is 0. The largest absolute Gasteiger partial charge is 0.496 e. The molecule has 1 aromatic heterocycles. The molecule has 28 heavy (non-hydrogen) atoms. The summed E-state index contributed by atoms with van der Waals surface area (Å²) in [5.74, 6) is 0.481. The second kappa shape index (κ2) is 9.19. The maximum atomic E-state index is 11.2. The quantitative estimate of drug-likeness (QED) is 0.607. The van der Waals surface area contributed by atoms with E-state index in [1.54, 1.807) is 14.0 Å². The lowest BCUT2D eigenvalue weighted by molar-refractivity contribution is -0.149. The molecule has 1 atom stereocenters. The Morgan fingerprint density at radius 1 is 1.14 bits per heavy atom.